The van der Waals surface area contributed by atoms with E-state index in [1.54, 1.807) is 12.3 Å². The molecule has 2 N–H and O–H groups in total. The third-order valence-corrected chi connectivity index (χ3v) is 2.66. The quantitative estimate of drug-likeness (QED) is 0.744. The fourth-order valence-corrected chi connectivity index (χ4v) is 1.83. The van der Waals surface area contributed by atoms with E-state index in [0.29, 0.717) is 12.0 Å². The monoisotopic (exact) mass is 240 g/mol. The number of carbonyl (C=O) groups excluding carboxylic acids is 1. The van der Waals surface area contributed by atoms with Crippen molar-refractivity contribution in [2.24, 2.45) is 5.73 Å². The van der Waals surface area contributed by atoms with Gasteiger partial charge in [0.2, 0.25) is 0 Å². The Kier molecular flexibility index (Phi) is 2.17. The number of halogens is 1. The van der Waals surface area contributed by atoms with Crippen molar-refractivity contribution < 1.29 is 4.79 Å². The molecule has 1 atom stereocenters. The van der Waals surface area contributed by atoms with Crippen molar-refractivity contribution in [2.75, 3.05) is 0 Å². The summed E-state index contributed by atoms with van der Waals surface area (Å²) >= 11 is 3.28. The van der Waals surface area contributed by atoms with Gasteiger partial charge in [0.05, 0.1) is 11.7 Å². The molecule has 1 aliphatic carbocycles. The van der Waals surface area contributed by atoms with Crippen LogP contribution in [0.1, 0.15) is 22.5 Å². The summed E-state index contributed by atoms with van der Waals surface area (Å²) in [5, 5.41) is 0. The molecule has 0 aliphatic heterocycles. The molecule has 0 fully saturated rings. The van der Waals surface area contributed by atoms with Crippen LogP contribution in [0.3, 0.4) is 0 Å². The number of nitrogens with two attached hydrogens (primary N) is 1. The van der Waals surface area contributed by atoms with Crippen LogP contribution in [0.4, 0.5) is 0 Å². The van der Waals surface area contributed by atoms with Crippen LogP contribution in [0, 0.1) is 0 Å². The van der Waals surface area contributed by atoms with E-state index in [0.717, 1.165) is 16.6 Å². The van der Waals surface area contributed by atoms with E-state index in [-0.39, 0.29) is 11.8 Å². The minimum Gasteiger partial charge on any atom is -0.321 e. The number of pyridine rings is 1. The summed E-state index contributed by atoms with van der Waals surface area (Å²) in [6, 6.07) is 1.45. The standard InChI is InChI=1S/C9H9BrN2O/c10-5-3-6-8(12-4-5)2-1-7(11)9(6)13/h3-4,7H,1-2,11H2/t7-/m1/s1. The summed E-state index contributed by atoms with van der Waals surface area (Å²) in [5.41, 5.74) is 7.20. The maximum Gasteiger partial charge on any atom is 0.181 e. The Morgan fingerprint density at radius 2 is 2.38 bits per heavy atom. The second-order valence-electron chi connectivity index (χ2n) is 3.16. The minimum absolute atomic E-state index is 0.00931. The van der Waals surface area contributed by atoms with Crippen LogP contribution in [0.5, 0.6) is 0 Å². The highest BCUT2D eigenvalue weighted by Crippen LogP contribution is 2.21. The first-order valence-corrected chi connectivity index (χ1v) is 4.92. The van der Waals surface area contributed by atoms with E-state index in [2.05, 4.69) is 20.9 Å². The van der Waals surface area contributed by atoms with Gasteiger partial charge in [-0.3, -0.25) is 9.78 Å². The zero-order valence-electron chi connectivity index (χ0n) is 6.96. The van der Waals surface area contributed by atoms with Gasteiger partial charge in [0.1, 0.15) is 0 Å². The van der Waals surface area contributed by atoms with Gasteiger partial charge in [-0.05, 0) is 34.8 Å². The molecule has 0 unspecified atom stereocenters. The van der Waals surface area contributed by atoms with Crippen LogP contribution in [-0.4, -0.2) is 16.8 Å². The van der Waals surface area contributed by atoms with Crippen molar-refractivity contribution in [2.45, 2.75) is 18.9 Å². The van der Waals surface area contributed by atoms with Gasteiger partial charge in [-0.1, -0.05) is 0 Å². The third-order valence-electron chi connectivity index (χ3n) is 2.23. The van der Waals surface area contributed by atoms with Gasteiger partial charge in [-0.15, -0.1) is 0 Å². The first kappa shape index (κ1) is 8.84. The number of rotatable bonds is 0. The molecule has 0 radical (unpaired) electrons. The summed E-state index contributed by atoms with van der Waals surface area (Å²) in [5.74, 6) is 0.00931. The molecular formula is C9H9BrN2O. The number of hydrogen-bond donors (Lipinski definition) is 1. The Hall–Kier alpha value is -0.740. The number of Topliss-reactive ketones (excluding diaryl/α,β-unsaturated/α-hetero) is 1. The van der Waals surface area contributed by atoms with Gasteiger partial charge in [0.25, 0.3) is 0 Å². The second-order valence-corrected chi connectivity index (χ2v) is 4.07. The van der Waals surface area contributed by atoms with Crippen molar-refractivity contribution in [3.8, 4) is 0 Å². The van der Waals surface area contributed by atoms with Crippen molar-refractivity contribution in [3.05, 3.63) is 28.0 Å². The largest absolute Gasteiger partial charge is 0.321 e. The zero-order valence-corrected chi connectivity index (χ0v) is 8.54. The Bertz CT molecular complexity index is 365. The van der Waals surface area contributed by atoms with Crippen LogP contribution in [0.25, 0.3) is 0 Å². The van der Waals surface area contributed by atoms with Crippen LogP contribution in [0.2, 0.25) is 0 Å². The average Bonchev–Trinajstić information content (AvgIpc) is 2.12. The number of aromatic nitrogens is 1. The predicted molar refractivity (Wildman–Crippen MR) is 52.6 cm³/mol. The fourth-order valence-electron chi connectivity index (χ4n) is 1.50. The van der Waals surface area contributed by atoms with Gasteiger partial charge in [0.15, 0.2) is 5.78 Å². The molecular weight excluding hydrogens is 232 g/mol. The highest BCUT2D eigenvalue weighted by Gasteiger charge is 2.25. The lowest BCUT2D eigenvalue weighted by Crippen LogP contribution is -2.35. The van der Waals surface area contributed by atoms with Gasteiger partial charge < -0.3 is 5.73 Å². The molecule has 13 heavy (non-hydrogen) atoms. The van der Waals surface area contributed by atoms with Crippen molar-refractivity contribution in [1.82, 2.24) is 4.98 Å². The maximum absolute atomic E-state index is 11.6. The zero-order chi connectivity index (χ0) is 9.42. The lowest BCUT2D eigenvalue weighted by atomic mass is 9.91. The molecule has 4 heteroatoms. The molecule has 1 heterocycles. The maximum atomic E-state index is 11.6. The highest BCUT2D eigenvalue weighted by atomic mass is 79.9. The smallest absolute Gasteiger partial charge is 0.181 e. The number of fused-ring (bicyclic) bond motifs is 1. The molecule has 0 aromatic carbocycles. The predicted octanol–water partition coefficient (Wildman–Crippen LogP) is 1.30. The van der Waals surface area contributed by atoms with Gasteiger partial charge in [-0.25, -0.2) is 0 Å². The number of ketones is 1. The minimum atomic E-state index is -0.344. The van der Waals surface area contributed by atoms with E-state index in [1.165, 1.54) is 0 Å². The molecule has 0 saturated carbocycles. The Morgan fingerprint density at radius 3 is 3.15 bits per heavy atom. The molecule has 0 spiro atoms. The summed E-state index contributed by atoms with van der Waals surface area (Å²) < 4.78 is 0.828. The topological polar surface area (TPSA) is 56.0 Å². The van der Waals surface area contributed by atoms with E-state index in [1.807, 2.05) is 0 Å². The molecule has 3 nitrogen and oxygen atoms in total. The van der Waals surface area contributed by atoms with Crippen molar-refractivity contribution in [1.29, 1.82) is 0 Å². The second kappa shape index (κ2) is 3.20. The Morgan fingerprint density at radius 1 is 1.62 bits per heavy atom. The first-order valence-electron chi connectivity index (χ1n) is 4.12. The highest BCUT2D eigenvalue weighted by molar-refractivity contribution is 9.10. The molecule has 0 amide bonds. The Balaban J connectivity index is 2.51. The molecule has 2 rings (SSSR count). The van der Waals surface area contributed by atoms with E-state index >= 15 is 0 Å². The molecule has 0 saturated heterocycles. The van der Waals surface area contributed by atoms with Crippen molar-refractivity contribution >= 4 is 21.7 Å². The fraction of sp³-hybridized carbons (Fsp3) is 0.333. The summed E-state index contributed by atoms with van der Waals surface area (Å²) in [6.45, 7) is 0. The number of nitrogens with zero attached hydrogens (tertiary/aromatic N) is 1. The summed E-state index contributed by atoms with van der Waals surface area (Å²) in [6.07, 6.45) is 3.22. The lowest BCUT2D eigenvalue weighted by molar-refractivity contribution is 0.0947. The van der Waals surface area contributed by atoms with Crippen LogP contribution < -0.4 is 5.73 Å². The first-order chi connectivity index (χ1) is 6.18. The molecule has 68 valence electrons. The lowest BCUT2D eigenvalue weighted by Gasteiger charge is -2.18. The molecule has 0 bridgehead atoms. The number of carbonyl (C=O) groups is 1. The Labute approximate surface area is 84.5 Å². The van der Waals surface area contributed by atoms with Crippen LogP contribution >= 0.6 is 15.9 Å². The van der Waals surface area contributed by atoms with Crippen molar-refractivity contribution in [3.63, 3.8) is 0 Å². The number of aryl methyl sites for hydroxylation is 1. The molecule has 1 aromatic rings. The van der Waals surface area contributed by atoms with Gasteiger partial charge in [-0.2, -0.15) is 0 Å². The van der Waals surface area contributed by atoms with Crippen LogP contribution in [0.15, 0.2) is 16.7 Å². The number of hydrogen-bond acceptors (Lipinski definition) is 3. The van der Waals surface area contributed by atoms with E-state index in [4.69, 9.17) is 5.73 Å². The van der Waals surface area contributed by atoms with Crippen LogP contribution in [-0.2, 0) is 6.42 Å². The van der Waals surface area contributed by atoms with E-state index in [9.17, 15) is 4.79 Å². The van der Waals surface area contributed by atoms with Gasteiger partial charge >= 0.3 is 0 Å². The van der Waals surface area contributed by atoms with Gasteiger partial charge in [0, 0.05) is 16.2 Å². The molecule has 1 aliphatic rings. The molecule has 1 aromatic heterocycles. The average molecular weight is 241 g/mol. The normalized spacial score (nSPS) is 21.4. The summed E-state index contributed by atoms with van der Waals surface area (Å²) in [7, 11) is 0. The third kappa shape index (κ3) is 1.51. The summed E-state index contributed by atoms with van der Waals surface area (Å²) in [4.78, 5) is 15.8. The van der Waals surface area contributed by atoms with E-state index < -0.39 is 0 Å². The SMILES string of the molecule is N[C@@H]1CCc2ncc(Br)cc2C1=O.